The highest BCUT2D eigenvalue weighted by Gasteiger charge is 1.94. The van der Waals surface area contributed by atoms with Crippen molar-refractivity contribution in [2.24, 2.45) is 0 Å². The Morgan fingerprint density at radius 1 is 0.524 bits per heavy atom. The average Bonchev–Trinajstić information content (AvgIpc) is 2.50. The average molecular weight is 300 g/mol. The van der Waals surface area contributed by atoms with E-state index >= 15 is 0 Å². The van der Waals surface area contributed by atoms with Gasteiger partial charge in [-0.1, -0.05) is 84.0 Å². The summed E-state index contributed by atoms with van der Waals surface area (Å²) in [4.78, 5) is 0. The van der Waals surface area contributed by atoms with Gasteiger partial charge in [0.15, 0.2) is 0 Å². The van der Waals surface area contributed by atoms with E-state index in [2.05, 4.69) is 13.8 Å². The second kappa shape index (κ2) is 19.9. The molecule has 0 aromatic carbocycles. The predicted molar refractivity (Wildman–Crippen MR) is 92.7 cm³/mol. The first kappa shape index (κ1) is 20.9. The molecule has 0 N–H and O–H groups in total. The van der Waals surface area contributed by atoms with Crippen LogP contribution in [0.3, 0.4) is 0 Å². The Hall–Kier alpha value is -0.0800. The SMILES string of the molecule is [CH2]COCCOCCCCCCCCCCCCCCC. The molecule has 2 nitrogen and oxygen atoms in total. The fraction of sp³-hybridized carbons (Fsp3) is 0.947. The fourth-order valence-corrected chi connectivity index (χ4v) is 2.54. The van der Waals surface area contributed by atoms with Crippen LogP contribution in [0.25, 0.3) is 0 Å². The summed E-state index contributed by atoms with van der Waals surface area (Å²) in [5.74, 6) is 0. The van der Waals surface area contributed by atoms with E-state index in [1.54, 1.807) is 0 Å². The van der Waals surface area contributed by atoms with Crippen LogP contribution in [-0.2, 0) is 9.47 Å². The van der Waals surface area contributed by atoms with Crippen molar-refractivity contribution >= 4 is 0 Å². The molecule has 0 aliphatic rings. The molecule has 2 heteroatoms. The van der Waals surface area contributed by atoms with Crippen LogP contribution in [0, 0.1) is 6.92 Å². The molecule has 127 valence electrons. The monoisotopic (exact) mass is 299 g/mol. The number of hydrogen-bond acceptors (Lipinski definition) is 2. The Kier molecular flexibility index (Phi) is 19.8. The van der Waals surface area contributed by atoms with Crippen molar-refractivity contribution in [3.8, 4) is 0 Å². The molecule has 0 aromatic rings. The minimum Gasteiger partial charge on any atom is -0.379 e. The lowest BCUT2D eigenvalue weighted by Crippen LogP contribution is -2.04. The van der Waals surface area contributed by atoms with Crippen LogP contribution < -0.4 is 0 Å². The third kappa shape index (κ3) is 19.9. The Bertz CT molecular complexity index is 153. The summed E-state index contributed by atoms with van der Waals surface area (Å²) < 4.78 is 10.6. The molecule has 0 saturated carbocycles. The third-order valence-corrected chi connectivity index (χ3v) is 3.91. The van der Waals surface area contributed by atoms with Gasteiger partial charge < -0.3 is 9.47 Å². The summed E-state index contributed by atoms with van der Waals surface area (Å²) in [5, 5.41) is 0. The highest BCUT2D eigenvalue weighted by atomic mass is 16.5. The molecule has 0 atom stereocenters. The van der Waals surface area contributed by atoms with Gasteiger partial charge in [0.2, 0.25) is 0 Å². The summed E-state index contributed by atoms with van der Waals surface area (Å²) >= 11 is 0. The van der Waals surface area contributed by atoms with Crippen molar-refractivity contribution in [1.29, 1.82) is 0 Å². The Morgan fingerprint density at radius 3 is 1.43 bits per heavy atom. The summed E-state index contributed by atoms with van der Waals surface area (Å²) in [6.07, 6.45) is 18.2. The van der Waals surface area contributed by atoms with Gasteiger partial charge in [-0.25, -0.2) is 0 Å². The topological polar surface area (TPSA) is 18.5 Å². The Morgan fingerprint density at radius 2 is 0.952 bits per heavy atom. The Balaban J connectivity index is 2.90. The zero-order valence-corrected chi connectivity index (χ0v) is 14.5. The molecule has 0 fully saturated rings. The molecule has 0 saturated heterocycles. The smallest absolute Gasteiger partial charge is 0.0700 e. The summed E-state index contributed by atoms with van der Waals surface area (Å²) in [6.45, 7) is 8.73. The van der Waals surface area contributed by atoms with Gasteiger partial charge in [-0.2, -0.15) is 0 Å². The zero-order chi connectivity index (χ0) is 15.4. The van der Waals surface area contributed by atoms with Gasteiger partial charge >= 0.3 is 0 Å². The summed E-state index contributed by atoms with van der Waals surface area (Å²) in [5.41, 5.74) is 0. The van der Waals surface area contributed by atoms with Gasteiger partial charge in [0.25, 0.3) is 0 Å². The lowest BCUT2D eigenvalue weighted by atomic mass is 10.0. The Labute approximate surface area is 134 Å². The molecule has 0 rings (SSSR count). The summed E-state index contributed by atoms with van der Waals surface area (Å²) in [6, 6.07) is 0. The predicted octanol–water partition coefficient (Wildman–Crippen LogP) is 5.94. The van der Waals surface area contributed by atoms with Crippen LogP contribution in [-0.4, -0.2) is 26.4 Å². The highest BCUT2D eigenvalue weighted by molar-refractivity contribution is 4.49. The molecule has 0 aliphatic heterocycles. The molecule has 0 unspecified atom stereocenters. The number of hydrogen-bond donors (Lipinski definition) is 0. The largest absolute Gasteiger partial charge is 0.379 e. The maximum absolute atomic E-state index is 5.48. The van der Waals surface area contributed by atoms with Crippen LogP contribution >= 0.6 is 0 Å². The van der Waals surface area contributed by atoms with Gasteiger partial charge in [0, 0.05) is 13.2 Å². The van der Waals surface area contributed by atoms with Gasteiger partial charge in [0.05, 0.1) is 13.2 Å². The molecule has 0 bridgehead atoms. The van der Waals surface area contributed by atoms with E-state index in [0.717, 1.165) is 6.61 Å². The van der Waals surface area contributed by atoms with Crippen molar-refractivity contribution in [3.05, 3.63) is 6.92 Å². The molecular formula is C19H39O2. The number of unbranched alkanes of at least 4 members (excludes halogenated alkanes) is 12. The second-order valence-electron chi connectivity index (χ2n) is 5.97. The van der Waals surface area contributed by atoms with Gasteiger partial charge in [0.1, 0.15) is 0 Å². The second-order valence-corrected chi connectivity index (χ2v) is 5.97. The standard InChI is InChI=1S/C19H39O2/c1-3-5-6-7-8-9-10-11-12-13-14-15-16-17-21-19-18-20-4-2/h2-19H2,1H3. The van der Waals surface area contributed by atoms with E-state index < -0.39 is 0 Å². The molecule has 0 amide bonds. The van der Waals surface area contributed by atoms with Crippen molar-refractivity contribution in [1.82, 2.24) is 0 Å². The maximum Gasteiger partial charge on any atom is 0.0700 e. The molecule has 0 heterocycles. The van der Waals surface area contributed by atoms with Crippen LogP contribution in [0.2, 0.25) is 0 Å². The first-order chi connectivity index (χ1) is 10.4. The molecular weight excluding hydrogens is 260 g/mol. The number of ether oxygens (including phenoxy) is 2. The van der Waals surface area contributed by atoms with Crippen molar-refractivity contribution in [2.75, 3.05) is 26.4 Å². The first-order valence-corrected chi connectivity index (χ1v) is 9.36. The van der Waals surface area contributed by atoms with Crippen LogP contribution in [0.15, 0.2) is 0 Å². The first-order valence-electron chi connectivity index (χ1n) is 9.36. The lowest BCUT2D eigenvalue weighted by Gasteiger charge is -2.05. The molecule has 1 radical (unpaired) electrons. The van der Waals surface area contributed by atoms with Gasteiger partial charge in [-0.15, -0.1) is 0 Å². The van der Waals surface area contributed by atoms with E-state index in [4.69, 9.17) is 9.47 Å². The lowest BCUT2D eigenvalue weighted by molar-refractivity contribution is 0.0561. The maximum atomic E-state index is 5.48. The van der Waals surface area contributed by atoms with Gasteiger partial charge in [-0.3, -0.25) is 0 Å². The zero-order valence-electron chi connectivity index (χ0n) is 14.5. The van der Waals surface area contributed by atoms with E-state index in [0.29, 0.717) is 19.8 Å². The van der Waals surface area contributed by atoms with Crippen molar-refractivity contribution in [2.45, 2.75) is 90.4 Å². The molecule has 0 aromatic heterocycles. The van der Waals surface area contributed by atoms with Crippen LogP contribution in [0.1, 0.15) is 90.4 Å². The molecule has 0 spiro atoms. The van der Waals surface area contributed by atoms with E-state index in [-0.39, 0.29) is 0 Å². The summed E-state index contributed by atoms with van der Waals surface area (Å²) in [7, 11) is 0. The van der Waals surface area contributed by atoms with Gasteiger partial charge in [-0.05, 0) is 13.3 Å². The van der Waals surface area contributed by atoms with E-state index in [1.807, 2.05) is 0 Å². The highest BCUT2D eigenvalue weighted by Crippen LogP contribution is 2.12. The van der Waals surface area contributed by atoms with Crippen molar-refractivity contribution in [3.63, 3.8) is 0 Å². The van der Waals surface area contributed by atoms with Crippen molar-refractivity contribution < 1.29 is 9.47 Å². The minimum absolute atomic E-state index is 0.544. The quantitative estimate of drug-likeness (QED) is 0.291. The van der Waals surface area contributed by atoms with E-state index in [1.165, 1.54) is 83.5 Å². The molecule has 21 heavy (non-hydrogen) atoms. The van der Waals surface area contributed by atoms with E-state index in [9.17, 15) is 0 Å². The number of rotatable bonds is 18. The van der Waals surface area contributed by atoms with Crippen LogP contribution in [0.5, 0.6) is 0 Å². The normalized spacial score (nSPS) is 11.1. The molecule has 0 aliphatic carbocycles. The minimum atomic E-state index is 0.544. The van der Waals surface area contributed by atoms with Crippen LogP contribution in [0.4, 0.5) is 0 Å². The fourth-order valence-electron chi connectivity index (χ4n) is 2.54. The third-order valence-electron chi connectivity index (χ3n) is 3.91.